The van der Waals surface area contributed by atoms with E-state index in [1.165, 1.54) is 15.0 Å². The molecule has 210 valence electrons. The quantitative estimate of drug-likeness (QED) is 0.292. The lowest BCUT2D eigenvalue weighted by Gasteiger charge is -2.33. The second-order valence-electron chi connectivity index (χ2n) is 10.1. The number of β-amino-alcohol motifs (C(OH)–C–C–N with tert-alkyl or cyclic N) is 1. The van der Waals surface area contributed by atoms with Crippen LogP contribution in [0.3, 0.4) is 0 Å². The highest BCUT2D eigenvalue weighted by Crippen LogP contribution is 2.33. The number of aliphatic hydroxyl groups excluding tert-OH is 1. The Kier molecular flexibility index (Phi) is 7.71. The average Bonchev–Trinajstić information content (AvgIpc) is 3.58. The molecule has 1 aliphatic heterocycles. The summed E-state index contributed by atoms with van der Waals surface area (Å²) in [6.07, 6.45) is 2.14. The smallest absolute Gasteiger partial charge is 0.336 e. The number of benzene rings is 1. The van der Waals surface area contributed by atoms with Crippen molar-refractivity contribution >= 4 is 26.8 Å². The summed E-state index contributed by atoms with van der Waals surface area (Å²) in [5.74, 6) is 1.03. The van der Waals surface area contributed by atoms with Crippen LogP contribution in [0.1, 0.15) is 27.2 Å². The molecule has 0 aliphatic carbocycles. The van der Waals surface area contributed by atoms with Gasteiger partial charge in [-0.1, -0.05) is 20.8 Å². The van der Waals surface area contributed by atoms with E-state index in [9.17, 15) is 18.3 Å². The predicted octanol–water partition coefficient (Wildman–Crippen LogP) is 1.18. The molecule has 5 rings (SSSR count). The topological polar surface area (TPSA) is 151 Å². The number of fused-ring (bicyclic) bond motifs is 3. The molecule has 4 aromatic rings. The summed E-state index contributed by atoms with van der Waals surface area (Å²) in [7, 11) is -3.79. The summed E-state index contributed by atoms with van der Waals surface area (Å²) in [6, 6.07) is 4.78. The fraction of sp³-hybridized carbons (Fsp3) is 0.520. The Labute approximate surface area is 226 Å². The summed E-state index contributed by atoms with van der Waals surface area (Å²) < 4.78 is 37.6. The van der Waals surface area contributed by atoms with Crippen LogP contribution in [0.5, 0.6) is 5.75 Å². The molecule has 2 N–H and O–H groups in total. The molecule has 1 saturated heterocycles. The van der Waals surface area contributed by atoms with Crippen molar-refractivity contribution in [1.82, 2.24) is 38.3 Å². The number of nitrogens with zero attached hydrogens (tertiary/aromatic N) is 7. The van der Waals surface area contributed by atoms with E-state index in [-0.39, 0.29) is 23.1 Å². The highest BCUT2D eigenvalue weighted by atomic mass is 32.2. The lowest BCUT2D eigenvalue weighted by molar-refractivity contribution is 0.151. The Morgan fingerprint density at radius 1 is 1.15 bits per heavy atom. The fourth-order valence-electron chi connectivity index (χ4n) is 4.82. The Balaban J connectivity index is 1.61. The van der Waals surface area contributed by atoms with E-state index in [2.05, 4.69) is 15.2 Å². The van der Waals surface area contributed by atoms with Gasteiger partial charge in [0, 0.05) is 39.3 Å². The van der Waals surface area contributed by atoms with Crippen molar-refractivity contribution in [3.63, 3.8) is 0 Å². The van der Waals surface area contributed by atoms with Crippen molar-refractivity contribution < 1.29 is 18.3 Å². The second-order valence-corrected chi connectivity index (χ2v) is 12.0. The van der Waals surface area contributed by atoms with Crippen LogP contribution in [-0.2, 0) is 16.6 Å². The molecule has 39 heavy (non-hydrogen) atoms. The Hall–Kier alpha value is -3.33. The largest absolute Gasteiger partial charge is 0.493 e. The molecule has 1 aromatic carbocycles. The maximum Gasteiger partial charge on any atom is 0.336 e. The van der Waals surface area contributed by atoms with Gasteiger partial charge in [0.25, 0.3) is 0 Å². The lowest BCUT2D eigenvalue weighted by atomic mass is 10.2. The summed E-state index contributed by atoms with van der Waals surface area (Å²) in [4.78, 5) is 23.4. The molecule has 0 spiro atoms. The molecule has 0 saturated carbocycles. The summed E-state index contributed by atoms with van der Waals surface area (Å²) in [5, 5.41) is 17.2. The van der Waals surface area contributed by atoms with E-state index in [0.717, 1.165) is 6.42 Å². The van der Waals surface area contributed by atoms with E-state index in [4.69, 9.17) is 9.72 Å². The number of hydrogen-bond donors (Lipinski definition) is 2. The normalized spacial score (nSPS) is 15.6. The number of piperazine rings is 1. The SMILES string of the molecule is CCCOc1ccc(S(=O)(=O)N2CCN(CCO)CC2)cc1-c1nc2c([nH]1)c1nncn1c(=O)n2CC(C)C. The van der Waals surface area contributed by atoms with Gasteiger partial charge in [-0.2, -0.15) is 4.31 Å². The van der Waals surface area contributed by atoms with Gasteiger partial charge in [0.05, 0.1) is 23.7 Å². The Morgan fingerprint density at radius 2 is 1.92 bits per heavy atom. The third kappa shape index (κ3) is 5.16. The second kappa shape index (κ2) is 11.0. The molecule has 0 atom stereocenters. The van der Waals surface area contributed by atoms with Crippen LogP contribution in [0.2, 0.25) is 0 Å². The van der Waals surface area contributed by atoms with Crippen LogP contribution < -0.4 is 10.4 Å². The molecular formula is C25H34N8O5S. The number of nitrogens with one attached hydrogen (secondary N) is 1. The predicted molar refractivity (Wildman–Crippen MR) is 145 cm³/mol. The third-order valence-corrected chi connectivity index (χ3v) is 8.64. The molecule has 0 bridgehead atoms. The van der Waals surface area contributed by atoms with Crippen LogP contribution in [0.15, 0.2) is 34.2 Å². The van der Waals surface area contributed by atoms with Crippen LogP contribution in [0.4, 0.5) is 0 Å². The maximum atomic E-state index is 13.6. The van der Waals surface area contributed by atoms with Gasteiger partial charge in [-0.3, -0.25) is 9.47 Å². The number of hydrogen-bond acceptors (Lipinski definition) is 9. The molecule has 13 nitrogen and oxygen atoms in total. The highest BCUT2D eigenvalue weighted by Gasteiger charge is 2.30. The average molecular weight is 559 g/mol. The van der Waals surface area contributed by atoms with Gasteiger partial charge in [-0.15, -0.1) is 10.2 Å². The number of aromatic nitrogens is 6. The zero-order valence-electron chi connectivity index (χ0n) is 22.4. The van der Waals surface area contributed by atoms with Gasteiger partial charge in [0.1, 0.15) is 23.4 Å². The van der Waals surface area contributed by atoms with E-state index >= 15 is 0 Å². The van der Waals surface area contributed by atoms with Crippen molar-refractivity contribution in [1.29, 1.82) is 0 Å². The number of ether oxygens (including phenoxy) is 1. The van der Waals surface area contributed by atoms with Crippen LogP contribution in [0.25, 0.3) is 28.2 Å². The van der Waals surface area contributed by atoms with Gasteiger partial charge in [0.2, 0.25) is 10.0 Å². The van der Waals surface area contributed by atoms with Crippen molar-refractivity contribution in [3.05, 3.63) is 35.0 Å². The Bertz CT molecular complexity index is 1630. The van der Waals surface area contributed by atoms with Crippen LogP contribution >= 0.6 is 0 Å². The molecule has 1 fully saturated rings. The van der Waals surface area contributed by atoms with Gasteiger partial charge >= 0.3 is 5.69 Å². The summed E-state index contributed by atoms with van der Waals surface area (Å²) in [6.45, 7) is 9.23. The van der Waals surface area contributed by atoms with E-state index in [0.29, 0.717) is 79.8 Å². The standard InChI is InChI=1S/C25H34N8O5S/c1-4-13-38-20-6-5-18(39(36,37)31-9-7-30(8-10-31)11-12-34)14-19(20)22-27-21-23(28-22)32(15-17(2)3)25(35)33-16-26-29-24(21)33/h5-6,14,16-17,34H,4,7-13,15H2,1-3H3,(H,27,28). The van der Waals surface area contributed by atoms with Gasteiger partial charge in [-0.05, 0) is 30.5 Å². The van der Waals surface area contributed by atoms with Crippen molar-refractivity contribution in [2.75, 3.05) is 45.9 Å². The third-order valence-electron chi connectivity index (χ3n) is 6.75. The zero-order chi connectivity index (χ0) is 27.7. The molecule has 3 aromatic heterocycles. The first-order valence-electron chi connectivity index (χ1n) is 13.2. The number of aliphatic hydroxyl groups is 1. The fourth-order valence-corrected chi connectivity index (χ4v) is 6.26. The minimum Gasteiger partial charge on any atom is -0.493 e. The van der Waals surface area contributed by atoms with Crippen LogP contribution in [-0.4, -0.2) is 97.8 Å². The zero-order valence-corrected chi connectivity index (χ0v) is 23.2. The van der Waals surface area contributed by atoms with Gasteiger partial charge in [-0.25, -0.2) is 22.6 Å². The minimum absolute atomic E-state index is 0.0406. The van der Waals surface area contributed by atoms with Crippen molar-refractivity contribution in [2.45, 2.75) is 38.6 Å². The molecule has 1 aliphatic rings. The van der Waals surface area contributed by atoms with E-state index < -0.39 is 10.0 Å². The van der Waals surface area contributed by atoms with Crippen LogP contribution in [0, 0.1) is 5.92 Å². The summed E-state index contributed by atoms with van der Waals surface area (Å²) >= 11 is 0. The summed E-state index contributed by atoms with van der Waals surface area (Å²) in [5.41, 5.74) is 1.46. The molecule has 0 unspecified atom stereocenters. The van der Waals surface area contributed by atoms with Crippen molar-refractivity contribution in [2.24, 2.45) is 5.92 Å². The Morgan fingerprint density at radius 3 is 2.62 bits per heavy atom. The first kappa shape index (κ1) is 27.2. The van der Waals surface area contributed by atoms with E-state index in [1.807, 2.05) is 25.7 Å². The van der Waals surface area contributed by atoms with E-state index in [1.54, 1.807) is 22.8 Å². The molecule has 4 heterocycles. The van der Waals surface area contributed by atoms with Gasteiger partial charge in [0.15, 0.2) is 11.3 Å². The maximum absolute atomic E-state index is 13.6. The monoisotopic (exact) mass is 558 g/mol. The minimum atomic E-state index is -3.79. The molecule has 0 radical (unpaired) electrons. The highest BCUT2D eigenvalue weighted by molar-refractivity contribution is 7.89. The molecule has 14 heteroatoms. The van der Waals surface area contributed by atoms with Gasteiger partial charge < -0.3 is 14.8 Å². The first-order chi connectivity index (χ1) is 18.7. The van der Waals surface area contributed by atoms with Crippen molar-refractivity contribution in [3.8, 4) is 17.1 Å². The number of aromatic amines is 1. The number of H-pyrrole nitrogens is 1. The molecule has 0 amide bonds. The number of rotatable bonds is 10. The first-order valence-corrected chi connectivity index (χ1v) is 14.6. The molecular weight excluding hydrogens is 524 g/mol. The number of sulfonamides is 1. The number of imidazole rings is 1. The lowest BCUT2D eigenvalue weighted by Crippen LogP contribution is -2.49.